The second-order valence-electron chi connectivity index (χ2n) is 9.49. The highest BCUT2D eigenvalue weighted by Crippen LogP contribution is 2.33. The largest absolute Gasteiger partial charge is 0.508 e. The topological polar surface area (TPSA) is 151 Å². The van der Waals surface area contributed by atoms with Crippen LogP contribution in [0.2, 0.25) is 0 Å². The number of nitrogens with zero attached hydrogens (tertiary/aromatic N) is 3. The molecular formula is C27H35N5O5. The fraction of sp³-hybridized carbons (Fsp3) is 0.407. The number of aromatic hydroxyl groups is 2. The first kappa shape index (κ1) is 27.7. The fourth-order valence-corrected chi connectivity index (χ4v) is 4.39. The maximum atomic E-state index is 12.3. The van der Waals surface area contributed by atoms with Crippen LogP contribution in [0.25, 0.3) is 0 Å². The molecule has 2 aromatic carbocycles. The summed E-state index contributed by atoms with van der Waals surface area (Å²) in [7, 11) is 0. The van der Waals surface area contributed by atoms with Crippen LogP contribution >= 0.6 is 0 Å². The first-order valence-electron chi connectivity index (χ1n) is 12.4. The van der Waals surface area contributed by atoms with Crippen LogP contribution in [0.5, 0.6) is 11.5 Å². The number of urea groups is 1. The summed E-state index contributed by atoms with van der Waals surface area (Å²) in [6, 6.07) is 8.89. The predicted octanol–water partition coefficient (Wildman–Crippen LogP) is 3.15. The van der Waals surface area contributed by atoms with Crippen molar-refractivity contribution < 1.29 is 24.6 Å². The van der Waals surface area contributed by atoms with E-state index in [1.807, 2.05) is 30.9 Å². The number of unbranched alkanes of at least 4 members (excludes halogenated alkanes) is 1. The van der Waals surface area contributed by atoms with E-state index in [1.165, 1.54) is 12.1 Å². The molecule has 1 aliphatic rings. The smallest absolute Gasteiger partial charge is 0.325 e. The summed E-state index contributed by atoms with van der Waals surface area (Å²) >= 11 is 0. The molecule has 0 radical (unpaired) electrons. The van der Waals surface area contributed by atoms with E-state index >= 15 is 0 Å². The Labute approximate surface area is 216 Å². The summed E-state index contributed by atoms with van der Waals surface area (Å²) in [6.45, 7) is 7.15. The molecule has 3 amide bonds. The highest BCUT2D eigenvalue weighted by Gasteiger charge is 2.24. The lowest BCUT2D eigenvalue weighted by Crippen LogP contribution is -2.48. The average molecular weight is 510 g/mol. The number of amidine groups is 1. The van der Waals surface area contributed by atoms with E-state index in [-0.39, 0.29) is 34.7 Å². The Hall–Kier alpha value is -3.92. The molecule has 0 aromatic heterocycles. The highest BCUT2D eigenvalue weighted by molar-refractivity contribution is 6.22. The van der Waals surface area contributed by atoms with E-state index in [0.29, 0.717) is 50.1 Å². The van der Waals surface area contributed by atoms with Crippen molar-refractivity contribution in [2.24, 2.45) is 5.73 Å². The summed E-state index contributed by atoms with van der Waals surface area (Å²) in [5, 5.41) is 29.1. The third-order valence-electron chi connectivity index (χ3n) is 6.50. The molecule has 198 valence electrons. The second-order valence-corrected chi connectivity index (χ2v) is 9.49. The molecule has 0 bridgehead atoms. The van der Waals surface area contributed by atoms with E-state index in [9.17, 15) is 24.6 Å². The van der Waals surface area contributed by atoms with E-state index in [4.69, 9.17) is 11.1 Å². The SMILES string of the molecule is CC(C)c1cc(C(=N)N(C(N)=O)c2ccc(CN3CCN(C(=O)CCCC=O)CC3)cc2)c(O)cc1O. The molecule has 3 rings (SSSR count). The predicted molar refractivity (Wildman–Crippen MR) is 141 cm³/mol. The zero-order valence-electron chi connectivity index (χ0n) is 21.3. The Morgan fingerprint density at radius 2 is 1.73 bits per heavy atom. The van der Waals surface area contributed by atoms with Crippen molar-refractivity contribution in [1.29, 1.82) is 5.41 Å². The molecule has 2 aromatic rings. The lowest BCUT2D eigenvalue weighted by atomic mass is 9.98. The van der Waals surface area contributed by atoms with Gasteiger partial charge in [-0.3, -0.25) is 15.1 Å². The third-order valence-corrected chi connectivity index (χ3v) is 6.50. The number of primary amides is 1. The monoisotopic (exact) mass is 509 g/mol. The van der Waals surface area contributed by atoms with Gasteiger partial charge in [-0.25, -0.2) is 9.69 Å². The lowest BCUT2D eigenvalue weighted by Gasteiger charge is -2.35. The van der Waals surface area contributed by atoms with E-state index in [0.717, 1.165) is 29.8 Å². The molecule has 0 saturated carbocycles. The number of carbonyl (C=O) groups excluding carboxylic acids is 3. The van der Waals surface area contributed by atoms with Crippen LogP contribution in [-0.4, -0.2) is 70.3 Å². The summed E-state index contributed by atoms with van der Waals surface area (Å²) < 4.78 is 0. The van der Waals surface area contributed by atoms with Gasteiger partial charge in [0.05, 0.1) is 11.3 Å². The van der Waals surface area contributed by atoms with Crippen LogP contribution in [0, 0.1) is 5.41 Å². The minimum atomic E-state index is -0.870. The van der Waals surface area contributed by atoms with Crippen molar-refractivity contribution in [3.63, 3.8) is 0 Å². The molecule has 0 unspecified atom stereocenters. The quantitative estimate of drug-likeness (QED) is 0.176. The van der Waals surface area contributed by atoms with Gasteiger partial charge in [-0.15, -0.1) is 0 Å². The molecule has 10 heteroatoms. The van der Waals surface area contributed by atoms with Crippen LogP contribution in [0.1, 0.15) is 55.7 Å². The van der Waals surface area contributed by atoms with E-state index < -0.39 is 6.03 Å². The number of nitrogens with two attached hydrogens (primary N) is 1. The highest BCUT2D eigenvalue weighted by atomic mass is 16.3. The zero-order valence-corrected chi connectivity index (χ0v) is 21.3. The van der Waals surface area contributed by atoms with Crippen molar-refractivity contribution in [3.05, 3.63) is 53.1 Å². The number of phenols is 2. The normalized spacial score (nSPS) is 14.0. The fourth-order valence-electron chi connectivity index (χ4n) is 4.39. The van der Waals surface area contributed by atoms with Gasteiger partial charge in [-0.1, -0.05) is 26.0 Å². The number of hydrogen-bond donors (Lipinski definition) is 4. The number of phenolic OH excluding ortho intramolecular Hbond substituents is 2. The maximum Gasteiger partial charge on any atom is 0.325 e. The number of amides is 3. The number of anilines is 1. The van der Waals surface area contributed by atoms with Crippen LogP contribution < -0.4 is 10.6 Å². The van der Waals surface area contributed by atoms with Gasteiger partial charge in [0.2, 0.25) is 5.91 Å². The molecule has 37 heavy (non-hydrogen) atoms. The first-order valence-corrected chi connectivity index (χ1v) is 12.4. The Balaban J connectivity index is 1.66. The third kappa shape index (κ3) is 6.85. The summed E-state index contributed by atoms with van der Waals surface area (Å²) in [5.41, 5.74) is 7.61. The molecule has 5 N–H and O–H groups in total. The van der Waals surface area contributed by atoms with Gasteiger partial charge in [0.25, 0.3) is 0 Å². The minimum Gasteiger partial charge on any atom is -0.508 e. The zero-order chi connectivity index (χ0) is 27.1. The van der Waals surface area contributed by atoms with Gasteiger partial charge in [0.1, 0.15) is 23.6 Å². The van der Waals surface area contributed by atoms with E-state index in [2.05, 4.69) is 4.90 Å². The van der Waals surface area contributed by atoms with Crippen molar-refractivity contribution in [2.45, 2.75) is 45.6 Å². The standard InChI is InChI=1S/C27H35N5O5/c1-18(2)21-15-22(24(35)16-23(21)34)26(28)32(27(29)37)20-8-6-19(7-9-20)17-30-10-12-31(13-11-30)25(36)5-3-4-14-33/h6-9,14-16,18,28,34-35H,3-5,10-13,17H2,1-2H3,(H2,29,37). The van der Waals surface area contributed by atoms with Crippen molar-refractivity contribution in [3.8, 4) is 11.5 Å². The number of rotatable bonds is 9. The van der Waals surface area contributed by atoms with Gasteiger partial charge in [0.15, 0.2) is 0 Å². The average Bonchev–Trinajstić information content (AvgIpc) is 2.85. The Kier molecular flexibility index (Phi) is 9.24. The molecule has 10 nitrogen and oxygen atoms in total. The molecule has 1 fully saturated rings. The number of aldehydes is 1. The summed E-state index contributed by atoms with van der Waals surface area (Å²) in [5.74, 6) is -0.678. The first-order chi connectivity index (χ1) is 17.6. The van der Waals surface area contributed by atoms with Gasteiger partial charge < -0.3 is 25.6 Å². The van der Waals surface area contributed by atoms with Gasteiger partial charge in [0, 0.05) is 51.6 Å². The van der Waals surface area contributed by atoms with Crippen LogP contribution in [0.4, 0.5) is 10.5 Å². The lowest BCUT2D eigenvalue weighted by molar-refractivity contribution is -0.133. The Morgan fingerprint density at radius 1 is 1.08 bits per heavy atom. The summed E-state index contributed by atoms with van der Waals surface area (Å²) in [6.07, 6.45) is 2.22. The Morgan fingerprint density at radius 3 is 2.30 bits per heavy atom. The molecular weight excluding hydrogens is 474 g/mol. The van der Waals surface area contributed by atoms with Gasteiger partial charge in [-0.05, 0) is 41.7 Å². The number of piperazine rings is 1. The molecule has 1 heterocycles. The molecule has 1 saturated heterocycles. The number of benzene rings is 2. The van der Waals surface area contributed by atoms with Crippen molar-refractivity contribution in [1.82, 2.24) is 9.80 Å². The van der Waals surface area contributed by atoms with Gasteiger partial charge >= 0.3 is 6.03 Å². The van der Waals surface area contributed by atoms with Crippen molar-refractivity contribution in [2.75, 3.05) is 31.1 Å². The van der Waals surface area contributed by atoms with Crippen molar-refractivity contribution >= 4 is 29.7 Å². The van der Waals surface area contributed by atoms with Crippen LogP contribution in [0.3, 0.4) is 0 Å². The molecule has 0 spiro atoms. The Bertz CT molecular complexity index is 1140. The van der Waals surface area contributed by atoms with Crippen LogP contribution in [-0.2, 0) is 16.1 Å². The number of nitrogens with one attached hydrogen (secondary N) is 1. The van der Waals surface area contributed by atoms with Gasteiger partial charge in [-0.2, -0.15) is 0 Å². The van der Waals surface area contributed by atoms with E-state index in [1.54, 1.807) is 12.1 Å². The second kappa shape index (κ2) is 12.4. The number of hydrogen-bond acceptors (Lipinski definition) is 7. The summed E-state index contributed by atoms with van der Waals surface area (Å²) in [4.78, 5) is 40.1. The molecule has 0 aliphatic carbocycles. The molecule has 0 atom stereocenters. The molecule has 1 aliphatic heterocycles. The maximum absolute atomic E-state index is 12.3. The minimum absolute atomic E-state index is 0.0593. The number of carbonyl (C=O) groups is 3. The van der Waals surface area contributed by atoms with Crippen LogP contribution in [0.15, 0.2) is 36.4 Å².